The summed E-state index contributed by atoms with van der Waals surface area (Å²) in [6, 6.07) is 7.27. The van der Waals surface area contributed by atoms with E-state index in [0.717, 1.165) is 44.3 Å². The molecule has 0 saturated carbocycles. The van der Waals surface area contributed by atoms with Gasteiger partial charge in [-0.1, -0.05) is 43.7 Å². The van der Waals surface area contributed by atoms with Crippen molar-refractivity contribution in [1.82, 2.24) is 0 Å². The van der Waals surface area contributed by atoms with Crippen LogP contribution in [0.2, 0.25) is 5.02 Å². The predicted octanol–water partition coefficient (Wildman–Crippen LogP) is 3.82. The molecule has 0 amide bonds. The Morgan fingerprint density at radius 3 is 2.06 bits per heavy atom. The number of aliphatic carboxylic acids is 1. The van der Waals surface area contributed by atoms with Crippen molar-refractivity contribution < 1.29 is 42.7 Å². The fourth-order valence-electron chi connectivity index (χ4n) is 3.05. The molecule has 0 heterocycles. The number of phosphoric ester groups is 1. The topological polar surface area (TPSA) is 125 Å². The van der Waals surface area contributed by atoms with Crippen molar-refractivity contribution in [3.8, 4) is 5.75 Å². The van der Waals surface area contributed by atoms with Crippen LogP contribution in [-0.4, -0.2) is 67.1 Å². The standard InChI is InChI=1S/C22H37ClNO8P/c1-24(2,3)22(27)20(17-21(25)26)32-33(28,29)31-16-10-8-6-4-5-7-9-15-30-19-13-11-18(23)12-14-19/h11-14,20,22H,4-10,15-17H2,1-3H3,(H,25,26)(H,28,29)/t20-,22?/m1/s1. The molecule has 11 heteroatoms. The van der Waals surface area contributed by atoms with E-state index in [9.17, 15) is 19.4 Å². The number of carboxylic acid groups (broad SMARTS) is 1. The fraction of sp³-hybridized carbons (Fsp3) is 0.682. The van der Waals surface area contributed by atoms with Crippen LogP contribution in [0.1, 0.15) is 51.4 Å². The van der Waals surface area contributed by atoms with Crippen molar-refractivity contribution in [2.24, 2.45) is 0 Å². The van der Waals surface area contributed by atoms with Crippen molar-refractivity contribution in [3.05, 3.63) is 29.3 Å². The Morgan fingerprint density at radius 1 is 1.03 bits per heavy atom. The number of halogens is 1. The normalized spacial score (nSPS) is 15.6. The summed E-state index contributed by atoms with van der Waals surface area (Å²) in [5, 5.41) is 22.0. The molecule has 0 saturated heterocycles. The summed E-state index contributed by atoms with van der Waals surface area (Å²) in [5.41, 5.74) is 0. The van der Waals surface area contributed by atoms with Crippen molar-refractivity contribution in [3.63, 3.8) is 0 Å². The second kappa shape index (κ2) is 14.9. The van der Waals surface area contributed by atoms with Gasteiger partial charge in [0.15, 0.2) is 0 Å². The molecule has 190 valence electrons. The number of ether oxygens (including phenoxy) is 1. The lowest BCUT2D eigenvalue weighted by atomic mass is 10.1. The smallest absolute Gasteiger partial charge is 0.472 e. The van der Waals surface area contributed by atoms with E-state index in [4.69, 9.17) is 30.5 Å². The molecule has 1 rings (SSSR count). The molecule has 1 aromatic carbocycles. The number of carbonyl (C=O) groups is 1. The summed E-state index contributed by atoms with van der Waals surface area (Å²) in [5.74, 6) is -0.479. The zero-order chi connectivity index (χ0) is 24.9. The number of hydrogen-bond acceptors (Lipinski definition) is 6. The third kappa shape index (κ3) is 14.0. The number of nitrogens with zero attached hydrogens (tertiary/aromatic N) is 1. The van der Waals surface area contributed by atoms with Gasteiger partial charge in [0.25, 0.3) is 0 Å². The van der Waals surface area contributed by atoms with Gasteiger partial charge in [-0.3, -0.25) is 13.8 Å². The monoisotopic (exact) mass is 509 g/mol. The van der Waals surface area contributed by atoms with E-state index in [1.807, 2.05) is 12.1 Å². The maximum absolute atomic E-state index is 12.4. The lowest BCUT2D eigenvalue weighted by Crippen LogP contribution is -2.60. The lowest BCUT2D eigenvalue weighted by molar-refractivity contribution is -0.973. The van der Waals surface area contributed by atoms with Crippen molar-refractivity contribution in [1.29, 1.82) is 0 Å². The minimum Gasteiger partial charge on any atom is -0.804 e. The number of carboxylic acids is 1. The van der Waals surface area contributed by atoms with Gasteiger partial charge >= 0.3 is 13.8 Å². The maximum atomic E-state index is 12.4. The lowest BCUT2D eigenvalue weighted by Gasteiger charge is -2.42. The first-order chi connectivity index (χ1) is 15.4. The van der Waals surface area contributed by atoms with E-state index >= 15 is 0 Å². The van der Waals surface area contributed by atoms with Gasteiger partial charge in [0.2, 0.25) is 0 Å². The third-order valence-electron chi connectivity index (χ3n) is 4.85. The Hall–Kier alpha value is -1.19. The molecule has 2 unspecified atom stereocenters. The summed E-state index contributed by atoms with van der Waals surface area (Å²) in [7, 11) is 0.159. The molecular formula is C22H37ClNO8P. The van der Waals surface area contributed by atoms with Crippen LogP contribution in [0.25, 0.3) is 0 Å². The first kappa shape index (κ1) is 29.8. The number of quaternary nitrogens is 1. The Balaban J connectivity index is 2.14. The molecule has 0 aliphatic heterocycles. The van der Waals surface area contributed by atoms with Crippen LogP contribution in [0.5, 0.6) is 5.75 Å². The minimum absolute atomic E-state index is 0.00357. The Kier molecular flexibility index (Phi) is 13.5. The number of unbranched alkanes of at least 4 members (excludes halogenated alkanes) is 6. The molecule has 33 heavy (non-hydrogen) atoms. The van der Waals surface area contributed by atoms with E-state index in [2.05, 4.69) is 0 Å². The number of hydrogen-bond donors (Lipinski definition) is 2. The van der Waals surface area contributed by atoms with Gasteiger partial charge in [-0.15, -0.1) is 0 Å². The van der Waals surface area contributed by atoms with Gasteiger partial charge in [0.05, 0.1) is 40.8 Å². The highest BCUT2D eigenvalue weighted by Crippen LogP contribution is 2.45. The van der Waals surface area contributed by atoms with Crippen LogP contribution < -0.4 is 9.84 Å². The van der Waals surface area contributed by atoms with Crippen molar-refractivity contribution in [2.75, 3.05) is 34.4 Å². The van der Waals surface area contributed by atoms with E-state index in [-0.39, 0.29) is 11.1 Å². The highest BCUT2D eigenvalue weighted by molar-refractivity contribution is 7.47. The fourth-order valence-corrected chi connectivity index (χ4v) is 4.12. The highest BCUT2D eigenvalue weighted by atomic mass is 35.5. The molecule has 3 atom stereocenters. The molecule has 9 nitrogen and oxygen atoms in total. The quantitative estimate of drug-likeness (QED) is 0.132. The van der Waals surface area contributed by atoms with Gasteiger partial charge in [-0.25, -0.2) is 4.57 Å². The summed E-state index contributed by atoms with van der Waals surface area (Å²) >= 11 is 5.83. The molecule has 0 aliphatic carbocycles. The second-order valence-corrected chi connectivity index (χ2v) is 10.7. The molecule has 0 spiro atoms. The second-order valence-electron chi connectivity index (χ2n) is 8.83. The van der Waals surface area contributed by atoms with Gasteiger partial charge in [0, 0.05) is 11.3 Å². The number of rotatable bonds is 18. The molecule has 0 aromatic heterocycles. The maximum Gasteiger partial charge on any atom is 0.472 e. The van der Waals surface area contributed by atoms with Gasteiger partial charge in [-0.2, -0.15) is 0 Å². The molecule has 1 aromatic rings. The molecule has 0 radical (unpaired) electrons. The van der Waals surface area contributed by atoms with Gasteiger partial charge in [0.1, 0.15) is 11.9 Å². The van der Waals surface area contributed by atoms with Crippen LogP contribution >= 0.6 is 19.4 Å². The summed E-state index contributed by atoms with van der Waals surface area (Å²) < 4.78 is 27.5. The van der Waals surface area contributed by atoms with Crippen LogP contribution in [0.3, 0.4) is 0 Å². The molecule has 0 fully saturated rings. The average molecular weight is 510 g/mol. The first-order valence-electron chi connectivity index (χ1n) is 11.1. The van der Waals surface area contributed by atoms with E-state index in [1.54, 1.807) is 33.3 Å². The first-order valence-corrected chi connectivity index (χ1v) is 13.0. The Morgan fingerprint density at radius 2 is 1.55 bits per heavy atom. The summed E-state index contributed by atoms with van der Waals surface area (Å²) in [6.45, 7) is 0.652. The van der Waals surface area contributed by atoms with E-state index in [1.165, 1.54) is 0 Å². The zero-order valence-electron chi connectivity index (χ0n) is 19.7. The van der Waals surface area contributed by atoms with Crippen molar-refractivity contribution in [2.45, 2.75) is 63.7 Å². The summed E-state index contributed by atoms with van der Waals surface area (Å²) in [4.78, 5) is 20.9. The van der Waals surface area contributed by atoms with Gasteiger partial charge < -0.3 is 24.3 Å². The molecule has 0 aliphatic rings. The Bertz CT molecular complexity index is 741. The van der Waals surface area contributed by atoms with Crippen LogP contribution in [-0.2, 0) is 18.4 Å². The third-order valence-corrected chi connectivity index (χ3v) is 6.15. The highest BCUT2D eigenvalue weighted by Gasteiger charge is 2.34. The van der Waals surface area contributed by atoms with E-state index < -0.39 is 32.5 Å². The molecule has 0 bridgehead atoms. The average Bonchev–Trinajstić information content (AvgIpc) is 2.71. The number of phosphoric acid groups is 1. The predicted molar refractivity (Wildman–Crippen MR) is 124 cm³/mol. The molecular weight excluding hydrogens is 473 g/mol. The summed E-state index contributed by atoms with van der Waals surface area (Å²) in [6.07, 6.45) is 2.75. The zero-order valence-corrected chi connectivity index (χ0v) is 21.3. The van der Waals surface area contributed by atoms with Crippen LogP contribution in [0, 0.1) is 0 Å². The minimum atomic E-state index is -4.53. The van der Waals surface area contributed by atoms with Crippen molar-refractivity contribution >= 4 is 25.4 Å². The van der Waals surface area contributed by atoms with Crippen LogP contribution in [0.4, 0.5) is 0 Å². The van der Waals surface area contributed by atoms with E-state index in [0.29, 0.717) is 18.1 Å². The largest absolute Gasteiger partial charge is 0.804 e. The number of likely N-dealkylation sites (N-methyl/N-ethyl adjacent to an activating group) is 1. The number of benzene rings is 1. The SMILES string of the molecule is C[N+](C)(C)C([O-])[C@@H](CC(=O)O)OP(=O)(O)OCCCCCCCCCOc1ccc(Cl)cc1. The molecule has 2 N–H and O–H groups in total. The van der Waals surface area contributed by atoms with Gasteiger partial charge in [-0.05, 0) is 37.1 Å². The van der Waals surface area contributed by atoms with Crippen LogP contribution in [0.15, 0.2) is 24.3 Å². The Labute approximate surface area is 201 Å².